The molecule has 64 valence electrons. The molecule has 0 aromatic carbocycles. The van der Waals surface area contributed by atoms with Crippen LogP contribution in [0.25, 0.3) is 0 Å². The van der Waals surface area contributed by atoms with Gasteiger partial charge >= 0.3 is 0 Å². The summed E-state index contributed by atoms with van der Waals surface area (Å²) in [6.45, 7) is 0. The summed E-state index contributed by atoms with van der Waals surface area (Å²) in [7, 11) is 0. The summed E-state index contributed by atoms with van der Waals surface area (Å²) < 4.78 is 0. The van der Waals surface area contributed by atoms with Gasteiger partial charge in [0.15, 0.2) is 0 Å². The minimum atomic E-state index is -0.308. The average Bonchev–Trinajstić information content (AvgIpc) is 1.85. The quantitative estimate of drug-likeness (QED) is 0.488. The first kappa shape index (κ1) is 9.34. The maximum atomic E-state index is 10.6. The fraction of sp³-hybridized carbons (Fsp3) is 0.875. The molecule has 0 amide bonds. The summed E-state index contributed by atoms with van der Waals surface area (Å²) in [6, 6.07) is 0. The van der Waals surface area contributed by atoms with Gasteiger partial charge in [-0.1, -0.05) is 19.3 Å². The fourth-order valence-corrected chi connectivity index (χ4v) is 2.32. The van der Waals surface area contributed by atoms with Gasteiger partial charge < -0.3 is 0 Å². The van der Waals surface area contributed by atoms with Crippen LogP contribution in [0.3, 0.4) is 0 Å². The van der Waals surface area contributed by atoms with Gasteiger partial charge in [-0.2, -0.15) is 0 Å². The maximum absolute atomic E-state index is 10.6. The summed E-state index contributed by atoms with van der Waals surface area (Å²) in [5.41, 5.74) is 0. The Balaban J connectivity index is 2.43. The van der Waals surface area contributed by atoms with Gasteiger partial charge in [-0.15, -0.1) is 11.6 Å². The van der Waals surface area contributed by atoms with E-state index in [-0.39, 0.29) is 10.1 Å². The van der Waals surface area contributed by atoms with Crippen molar-refractivity contribution in [1.82, 2.24) is 0 Å². The zero-order valence-corrected chi connectivity index (χ0v) is 7.92. The minimum Gasteiger partial charge on any atom is -0.281 e. The monoisotopic (exact) mass is 194 g/mol. The molecule has 0 unspecified atom stereocenters. The number of halogens is 2. The van der Waals surface area contributed by atoms with Crippen LogP contribution in [0, 0.1) is 0 Å². The molecule has 1 nitrogen and oxygen atoms in total. The first-order chi connectivity index (χ1) is 5.12. The van der Waals surface area contributed by atoms with Gasteiger partial charge in [-0.25, -0.2) is 0 Å². The second-order valence-corrected chi connectivity index (χ2v) is 4.47. The Hall–Kier alpha value is 0.250. The molecule has 0 radical (unpaired) electrons. The highest BCUT2D eigenvalue weighted by atomic mass is 35.5. The molecular formula is C8H12Cl2O. The average molecular weight is 195 g/mol. The predicted molar refractivity (Wildman–Crippen MR) is 47.1 cm³/mol. The highest BCUT2D eigenvalue weighted by Crippen LogP contribution is 2.37. The van der Waals surface area contributed by atoms with Crippen LogP contribution in [0.4, 0.5) is 0 Å². The van der Waals surface area contributed by atoms with E-state index < -0.39 is 0 Å². The molecule has 0 aromatic rings. The molecular weight excluding hydrogens is 183 g/mol. The Kier molecular flexibility index (Phi) is 3.20. The zero-order chi connectivity index (χ0) is 8.32. The lowest BCUT2D eigenvalue weighted by atomic mass is 9.86. The van der Waals surface area contributed by atoms with Crippen molar-refractivity contribution in [1.29, 1.82) is 0 Å². The Bertz CT molecular complexity index is 150. The van der Waals surface area contributed by atoms with Gasteiger partial charge in [0.2, 0.25) is 5.24 Å². The van der Waals surface area contributed by atoms with Crippen LogP contribution in [0.15, 0.2) is 0 Å². The Morgan fingerprint density at radius 3 is 2.27 bits per heavy atom. The third-order valence-electron chi connectivity index (χ3n) is 2.21. The Labute approximate surface area is 77.1 Å². The van der Waals surface area contributed by atoms with E-state index in [0.29, 0.717) is 6.42 Å². The first-order valence-electron chi connectivity index (χ1n) is 4.00. The van der Waals surface area contributed by atoms with E-state index >= 15 is 0 Å². The number of carbonyl (C=O) groups excluding carboxylic acids is 1. The molecule has 0 saturated heterocycles. The molecule has 0 atom stereocenters. The molecule has 1 saturated carbocycles. The molecule has 11 heavy (non-hydrogen) atoms. The van der Waals surface area contributed by atoms with E-state index in [4.69, 9.17) is 23.2 Å². The topological polar surface area (TPSA) is 17.1 Å². The molecule has 0 spiro atoms. The molecule has 1 rings (SSSR count). The highest BCUT2D eigenvalue weighted by Gasteiger charge is 2.31. The number of rotatable bonds is 2. The van der Waals surface area contributed by atoms with Crippen LogP contribution in [0.2, 0.25) is 0 Å². The molecule has 0 aliphatic heterocycles. The fourth-order valence-electron chi connectivity index (χ4n) is 1.61. The standard InChI is InChI=1S/C8H12Cl2O/c9-7(11)6-8(10)4-2-1-3-5-8/h1-6H2. The molecule has 1 aliphatic carbocycles. The summed E-state index contributed by atoms with van der Waals surface area (Å²) in [4.78, 5) is 10.3. The zero-order valence-electron chi connectivity index (χ0n) is 6.41. The molecule has 0 N–H and O–H groups in total. The van der Waals surface area contributed by atoms with E-state index in [1.165, 1.54) is 6.42 Å². The third-order valence-corrected chi connectivity index (χ3v) is 2.85. The molecule has 0 heterocycles. The molecule has 0 aromatic heterocycles. The van der Waals surface area contributed by atoms with Crippen LogP contribution < -0.4 is 0 Å². The minimum absolute atomic E-state index is 0.304. The molecule has 1 fully saturated rings. The van der Waals surface area contributed by atoms with Crippen molar-refractivity contribution in [3.05, 3.63) is 0 Å². The van der Waals surface area contributed by atoms with E-state index in [9.17, 15) is 4.79 Å². The smallest absolute Gasteiger partial charge is 0.223 e. The Morgan fingerprint density at radius 1 is 1.27 bits per heavy atom. The summed E-state index contributed by atoms with van der Waals surface area (Å²) in [5, 5.41) is -0.304. The second kappa shape index (κ2) is 3.77. The number of hydrogen-bond acceptors (Lipinski definition) is 1. The van der Waals surface area contributed by atoms with Gasteiger partial charge in [0.25, 0.3) is 0 Å². The van der Waals surface area contributed by atoms with Crippen molar-refractivity contribution in [2.45, 2.75) is 43.4 Å². The molecule has 3 heteroatoms. The van der Waals surface area contributed by atoms with E-state index in [2.05, 4.69) is 0 Å². The number of hydrogen-bond donors (Lipinski definition) is 0. The van der Waals surface area contributed by atoms with Crippen molar-refractivity contribution < 1.29 is 4.79 Å². The highest BCUT2D eigenvalue weighted by molar-refractivity contribution is 6.64. The van der Waals surface area contributed by atoms with Gasteiger partial charge in [0.1, 0.15) is 0 Å². The normalized spacial score (nSPS) is 23.1. The molecule has 1 aliphatic rings. The predicted octanol–water partition coefficient (Wildman–Crippen LogP) is 3.08. The van der Waals surface area contributed by atoms with Gasteiger partial charge in [-0.05, 0) is 24.4 Å². The van der Waals surface area contributed by atoms with Crippen molar-refractivity contribution in [2.24, 2.45) is 0 Å². The van der Waals surface area contributed by atoms with E-state index in [1.807, 2.05) is 0 Å². The van der Waals surface area contributed by atoms with Crippen molar-refractivity contribution in [3.63, 3.8) is 0 Å². The Morgan fingerprint density at radius 2 is 1.82 bits per heavy atom. The number of alkyl halides is 1. The summed E-state index contributed by atoms with van der Waals surface area (Å²) in [5.74, 6) is 0. The summed E-state index contributed by atoms with van der Waals surface area (Å²) in [6.07, 6.45) is 5.71. The van der Waals surface area contributed by atoms with Crippen LogP contribution in [-0.2, 0) is 4.79 Å². The van der Waals surface area contributed by atoms with Gasteiger partial charge in [0.05, 0.1) is 4.87 Å². The summed E-state index contributed by atoms with van der Waals surface area (Å²) >= 11 is 11.4. The van der Waals surface area contributed by atoms with Crippen LogP contribution >= 0.6 is 23.2 Å². The van der Waals surface area contributed by atoms with Gasteiger partial charge in [0, 0.05) is 6.42 Å². The lowest BCUT2D eigenvalue weighted by Crippen LogP contribution is -2.26. The number of carbonyl (C=O) groups is 1. The van der Waals surface area contributed by atoms with E-state index in [1.54, 1.807) is 0 Å². The van der Waals surface area contributed by atoms with Crippen LogP contribution in [0.1, 0.15) is 38.5 Å². The lowest BCUT2D eigenvalue weighted by molar-refractivity contribution is -0.112. The first-order valence-corrected chi connectivity index (χ1v) is 4.75. The van der Waals surface area contributed by atoms with Crippen LogP contribution in [0.5, 0.6) is 0 Å². The van der Waals surface area contributed by atoms with Crippen molar-refractivity contribution >= 4 is 28.4 Å². The third kappa shape index (κ3) is 3.00. The SMILES string of the molecule is O=C(Cl)CC1(Cl)CCCCC1. The second-order valence-electron chi connectivity index (χ2n) is 3.24. The van der Waals surface area contributed by atoms with E-state index in [0.717, 1.165) is 25.7 Å². The largest absolute Gasteiger partial charge is 0.281 e. The molecule has 0 bridgehead atoms. The van der Waals surface area contributed by atoms with Crippen LogP contribution in [-0.4, -0.2) is 10.1 Å². The van der Waals surface area contributed by atoms with Crippen molar-refractivity contribution in [2.75, 3.05) is 0 Å². The van der Waals surface area contributed by atoms with Crippen molar-refractivity contribution in [3.8, 4) is 0 Å². The lowest BCUT2D eigenvalue weighted by Gasteiger charge is -2.29. The maximum Gasteiger partial charge on any atom is 0.223 e. The van der Waals surface area contributed by atoms with Gasteiger partial charge in [-0.3, -0.25) is 4.79 Å².